The Bertz CT molecular complexity index is 947. The Hall–Kier alpha value is -2.58. The van der Waals surface area contributed by atoms with E-state index in [-0.39, 0.29) is 21.7 Å². The first-order valence-electron chi connectivity index (χ1n) is 9.49. The summed E-state index contributed by atoms with van der Waals surface area (Å²) in [7, 11) is 4.04. The van der Waals surface area contributed by atoms with Gasteiger partial charge in [0.2, 0.25) is 0 Å². The van der Waals surface area contributed by atoms with Crippen molar-refractivity contribution < 1.29 is 21.7 Å². The van der Waals surface area contributed by atoms with Crippen LogP contribution in [-0.4, -0.2) is 19.0 Å². The van der Waals surface area contributed by atoms with E-state index in [1.807, 2.05) is 37.2 Å². The van der Waals surface area contributed by atoms with Crippen LogP contribution < -0.4 is 0 Å². The second-order valence-corrected chi connectivity index (χ2v) is 6.81. The molecule has 0 saturated carbocycles. The minimum absolute atomic E-state index is 0. The minimum atomic E-state index is 0. The molecule has 0 aliphatic heterocycles. The van der Waals surface area contributed by atoms with Crippen molar-refractivity contribution in [3.8, 4) is 0 Å². The predicted molar refractivity (Wildman–Crippen MR) is 123 cm³/mol. The van der Waals surface area contributed by atoms with Gasteiger partial charge in [-0.1, -0.05) is 18.2 Å². The fourth-order valence-corrected chi connectivity index (χ4v) is 2.98. The Morgan fingerprint density at radius 1 is 0.586 bits per heavy atom. The molecule has 0 heterocycles. The second-order valence-electron chi connectivity index (χ2n) is 6.81. The van der Waals surface area contributed by atoms with Crippen molar-refractivity contribution in [3.05, 3.63) is 127 Å². The van der Waals surface area contributed by atoms with E-state index in [2.05, 4.69) is 104 Å². The largest absolute Gasteiger partial charge is 3.00 e. The molecule has 0 atom stereocenters. The number of hydrogen-bond acceptors (Lipinski definition) is 1. The summed E-state index contributed by atoms with van der Waals surface area (Å²) in [4.78, 5) is 2.04. The second kappa shape index (κ2) is 12.1. The van der Waals surface area contributed by atoms with Gasteiger partial charge in [-0.3, -0.25) is 0 Å². The van der Waals surface area contributed by atoms with Crippen molar-refractivity contribution >= 4 is 21.5 Å². The first-order valence-corrected chi connectivity index (χ1v) is 9.49. The molecule has 0 unspecified atom stereocenters. The van der Waals surface area contributed by atoms with Crippen LogP contribution in [0.15, 0.2) is 115 Å². The van der Waals surface area contributed by atoms with E-state index in [1.165, 1.54) is 27.1 Å². The zero-order chi connectivity index (χ0) is 19.6. The summed E-state index contributed by atoms with van der Waals surface area (Å²) in [6.07, 6.45) is 0. The van der Waals surface area contributed by atoms with Gasteiger partial charge in [0, 0.05) is 0 Å². The smallest absolute Gasteiger partial charge is 0.339 e. The van der Waals surface area contributed by atoms with E-state index in [0.29, 0.717) is 0 Å². The molecule has 0 N–H and O–H groups in total. The third-order valence-electron chi connectivity index (χ3n) is 4.30. The van der Waals surface area contributed by atoms with Gasteiger partial charge in [-0.15, -0.1) is 78.0 Å². The average molecular weight is 412 g/mol. The summed E-state index contributed by atoms with van der Waals surface area (Å²) < 4.78 is 0. The Balaban J connectivity index is 0.000000153. The van der Waals surface area contributed by atoms with Crippen molar-refractivity contribution in [1.82, 2.24) is 4.90 Å². The monoisotopic (exact) mass is 412 g/mol. The van der Waals surface area contributed by atoms with Gasteiger partial charge in [0.05, 0.1) is 0 Å². The van der Waals surface area contributed by atoms with Crippen LogP contribution in [0.4, 0.5) is 0 Å². The van der Waals surface area contributed by atoms with E-state index in [9.17, 15) is 0 Å². The van der Waals surface area contributed by atoms with Crippen LogP contribution in [0.2, 0.25) is 0 Å². The maximum absolute atomic E-state index is 2.12. The minimum Gasteiger partial charge on any atom is -0.339 e. The SMILES string of the molecule is CN(C)[CH-]c1ccccc1.[Ti+3].c1ccc2[cH-]ccc2c1.c1ccc2[cH-]ccc2c1. The number of benzene rings is 3. The molecule has 29 heavy (non-hydrogen) atoms. The standard InChI is InChI=1S/C9H12N.2C9H7.Ti/c1-10(2)8-9-6-4-3-5-7-9;2*1-2-5-9-7-3-6-8(9)4-1;/h3-8H,1-2H3;2*1-7H;/q3*-1;+3. The van der Waals surface area contributed by atoms with Gasteiger partial charge < -0.3 is 4.90 Å². The van der Waals surface area contributed by atoms with Gasteiger partial charge in [-0.2, -0.15) is 52.7 Å². The molecule has 2 heteroatoms. The molecule has 143 valence electrons. The zero-order valence-corrected chi connectivity index (χ0v) is 18.6. The first-order chi connectivity index (χ1) is 13.7. The summed E-state index contributed by atoms with van der Waals surface area (Å²) in [6, 6.07) is 39.6. The molecule has 0 saturated heterocycles. The van der Waals surface area contributed by atoms with E-state index in [4.69, 9.17) is 0 Å². The van der Waals surface area contributed by atoms with Crippen molar-refractivity contribution in [1.29, 1.82) is 0 Å². The number of nitrogens with zero attached hydrogens (tertiary/aromatic N) is 1. The maximum Gasteiger partial charge on any atom is 3.00 e. The molecule has 5 aromatic carbocycles. The molecule has 1 radical (unpaired) electrons. The van der Waals surface area contributed by atoms with E-state index in [1.54, 1.807) is 0 Å². The van der Waals surface area contributed by atoms with Gasteiger partial charge >= 0.3 is 21.7 Å². The van der Waals surface area contributed by atoms with Crippen molar-refractivity contribution in [2.45, 2.75) is 0 Å². The van der Waals surface area contributed by atoms with Crippen LogP contribution in [0, 0.1) is 6.54 Å². The Kier molecular flexibility index (Phi) is 9.47. The fraction of sp³-hybridized carbons (Fsp3) is 0.0741. The van der Waals surface area contributed by atoms with Crippen LogP contribution >= 0.6 is 0 Å². The molecule has 0 fully saturated rings. The van der Waals surface area contributed by atoms with E-state index >= 15 is 0 Å². The predicted octanol–water partition coefficient (Wildman–Crippen LogP) is 6.87. The maximum atomic E-state index is 2.12. The van der Waals surface area contributed by atoms with Gasteiger partial charge in [0.1, 0.15) is 0 Å². The average Bonchev–Trinajstić information content (AvgIpc) is 3.38. The number of rotatable bonds is 2. The zero-order valence-electron chi connectivity index (χ0n) is 17.0. The van der Waals surface area contributed by atoms with Gasteiger partial charge in [0.25, 0.3) is 0 Å². The summed E-state index contributed by atoms with van der Waals surface area (Å²) in [5, 5.41) is 5.32. The molecule has 0 aliphatic rings. The van der Waals surface area contributed by atoms with Crippen molar-refractivity contribution in [2.75, 3.05) is 14.1 Å². The normalized spacial score (nSPS) is 9.76. The Labute approximate surface area is 189 Å². The molecule has 1 nitrogen and oxygen atoms in total. The summed E-state index contributed by atoms with van der Waals surface area (Å²) in [6.45, 7) is 2.08. The van der Waals surface area contributed by atoms with Gasteiger partial charge in [0.15, 0.2) is 0 Å². The van der Waals surface area contributed by atoms with Gasteiger partial charge in [-0.25, -0.2) is 0 Å². The van der Waals surface area contributed by atoms with E-state index in [0.717, 1.165) is 0 Å². The van der Waals surface area contributed by atoms with Crippen LogP contribution in [0.25, 0.3) is 21.5 Å². The fourth-order valence-electron chi connectivity index (χ4n) is 2.98. The third-order valence-corrected chi connectivity index (χ3v) is 4.30. The molecule has 0 aromatic heterocycles. The summed E-state index contributed by atoms with van der Waals surface area (Å²) >= 11 is 0. The van der Waals surface area contributed by atoms with E-state index < -0.39 is 0 Å². The summed E-state index contributed by atoms with van der Waals surface area (Å²) in [5.41, 5.74) is 1.24. The van der Waals surface area contributed by atoms with Crippen molar-refractivity contribution in [3.63, 3.8) is 0 Å². The third kappa shape index (κ3) is 7.40. The quantitative estimate of drug-likeness (QED) is 0.226. The molecule has 5 aromatic rings. The molecule has 5 rings (SSSR count). The number of hydrogen-bond donors (Lipinski definition) is 0. The molecular weight excluding hydrogens is 386 g/mol. The van der Waals surface area contributed by atoms with Crippen LogP contribution in [0.5, 0.6) is 0 Å². The molecule has 0 bridgehead atoms. The molecule has 0 aliphatic carbocycles. The molecular formula is C27H26NTi. The van der Waals surface area contributed by atoms with Crippen LogP contribution in [0.3, 0.4) is 0 Å². The Morgan fingerprint density at radius 3 is 1.48 bits per heavy atom. The van der Waals surface area contributed by atoms with Gasteiger partial charge in [-0.05, 0) is 14.1 Å². The van der Waals surface area contributed by atoms with Crippen molar-refractivity contribution in [2.24, 2.45) is 0 Å². The van der Waals surface area contributed by atoms with Crippen LogP contribution in [0.1, 0.15) is 5.56 Å². The Morgan fingerprint density at radius 2 is 1.03 bits per heavy atom. The first kappa shape index (κ1) is 22.7. The topological polar surface area (TPSA) is 3.24 Å². The van der Waals surface area contributed by atoms with Crippen LogP contribution in [-0.2, 0) is 21.7 Å². The number of fused-ring (bicyclic) bond motifs is 2. The summed E-state index contributed by atoms with van der Waals surface area (Å²) in [5.74, 6) is 0. The molecule has 0 spiro atoms. The molecule has 0 amide bonds.